The van der Waals surface area contributed by atoms with Gasteiger partial charge in [0.15, 0.2) is 0 Å². The summed E-state index contributed by atoms with van der Waals surface area (Å²) in [5.41, 5.74) is 0.300. The van der Waals surface area contributed by atoms with Gasteiger partial charge in [-0.25, -0.2) is 4.98 Å². The average molecular weight is 365 g/mol. The third-order valence-electron chi connectivity index (χ3n) is 4.95. The van der Waals surface area contributed by atoms with Crippen molar-refractivity contribution in [1.82, 2.24) is 14.8 Å². The number of morpholine rings is 1. The summed E-state index contributed by atoms with van der Waals surface area (Å²) in [4.78, 5) is 31.1. The van der Waals surface area contributed by atoms with Crippen molar-refractivity contribution >= 4 is 11.8 Å². The molecule has 2 amide bonds. The minimum Gasteiger partial charge on any atom is -0.374 e. The molecular formula is C18H24FN3O4. The quantitative estimate of drug-likeness (QED) is 0.727. The Bertz CT molecular complexity index is 670. The van der Waals surface area contributed by atoms with E-state index in [1.54, 1.807) is 19.0 Å². The Balaban J connectivity index is 1.59. The molecule has 1 aliphatic carbocycles. The molecular weight excluding hydrogens is 341 g/mol. The van der Waals surface area contributed by atoms with E-state index in [4.69, 9.17) is 9.47 Å². The minimum atomic E-state index is -0.663. The summed E-state index contributed by atoms with van der Waals surface area (Å²) in [5.74, 6) is -0.714. The Morgan fingerprint density at radius 3 is 2.96 bits per heavy atom. The summed E-state index contributed by atoms with van der Waals surface area (Å²) in [6.45, 7) is 1.46. The first-order chi connectivity index (χ1) is 12.5. The van der Waals surface area contributed by atoms with Gasteiger partial charge in [-0.2, -0.15) is 4.39 Å². The summed E-state index contributed by atoms with van der Waals surface area (Å²) in [5, 5.41) is 0. The molecule has 3 atom stereocenters. The second kappa shape index (κ2) is 8.09. The van der Waals surface area contributed by atoms with Crippen LogP contribution in [0.3, 0.4) is 0 Å². The van der Waals surface area contributed by atoms with E-state index in [9.17, 15) is 14.0 Å². The van der Waals surface area contributed by atoms with Crippen LogP contribution >= 0.6 is 0 Å². The zero-order valence-electron chi connectivity index (χ0n) is 15.1. The number of carbonyl (C=O) groups excluding carboxylic acids is 2. The summed E-state index contributed by atoms with van der Waals surface area (Å²) in [7, 11) is 3.38. The second-order valence-electron chi connectivity index (χ2n) is 6.98. The van der Waals surface area contributed by atoms with Gasteiger partial charge in [-0.05, 0) is 24.8 Å². The molecule has 2 heterocycles. The lowest BCUT2D eigenvalue weighted by Gasteiger charge is -2.37. The maximum Gasteiger partial charge on any atom is 0.254 e. The number of likely N-dealkylation sites (N-methyl/N-ethyl adjacent to an activating group) is 1. The van der Waals surface area contributed by atoms with Crippen molar-refractivity contribution in [2.45, 2.75) is 25.0 Å². The van der Waals surface area contributed by atoms with E-state index in [2.05, 4.69) is 4.98 Å². The fourth-order valence-corrected chi connectivity index (χ4v) is 3.58. The van der Waals surface area contributed by atoms with Crippen molar-refractivity contribution in [2.24, 2.45) is 5.92 Å². The lowest BCUT2D eigenvalue weighted by Crippen LogP contribution is -2.51. The van der Waals surface area contributed by atoms with Gasteiger partial charge in [-0.1, -0.05) is 0 Å². The zero-order valence-corrected chi connectivity index (χ0v) is 15.1. The zero-order chi connectivity index (χ0) is 18.7. The van der Waals surface area contributed by atoms with E-state index in [1.165, 1.54) is 17.2 Å². The molecule has 2 aliphatic rings. The maximum atomic E-state index is 13.3. The summed E-state index contributed by atoms with van der Waals surface area (Å²) in [6, 6.07) is 2.64. The molecule has 0 N–H and O–H groups in total. The number of pyridine rings is 1. The monoisotopic (exact) mass is 365 g/mol. The normalized spacial score (nSPS) is 25.0. The Morgan fingerprint density at radius 2 is 2.23 bits per heavy atom. The minimum absolute atomic E-state index is 0.0439. The lowest BCUT2D eigenvalue weighted by atomic mass is 10.1. The van der Waals surface area contributed by atoms with Crippen LogP contribution in [0.2, 0.25) is 0 Å². The molecule has 1 aromatic rings. The van der Waals surface area contributed by atoms with Crippen molar-refractivity contribution in [1.29, 1.82) is 0 Å². The van der Waals surface area contributed by atoms with E-state index in [0.717, 1.165) is 18.9 Å². The second-order valence-corrected chi connectivity index (χ2v) is 6.98. The predicted molar refractivity (Wildman–Crippen MR) is 91.0 cm³/mol. The van der Waals surface area contributed by atoms with E-state index < -0.39 is 5.95 Å². The largest absolute Gasteiger partial charge is 0.374 e. The smallest absolute Gasteiger partial charge is 0.254 e. The van der Waals surface area contributed by atoms with E-state index in [0.29, 0.717) is 25.3 Å². The van der Waals surface area contributed by atoms with Gasteiger partial charge in [-0.15, -0.1) is 0 Å². The topological polar surface area (TPSA) is 72.0 Å². The van der Waals surface area contributed by atoms with Crippen LogP contribution in [-0.2, 0) is 14.3 Å². The maximum absolute atomic E-state index is 13.3. The molecule has 2 fully saturated rings. The molecule has 3 rings (SSSR count). The molecule has 0 bridgehead atoms. The molecule has 0 aromatic carbocycles. The molecule has 1 saturated carbocycles. The number of carbonyl (C=O) groups is 2. The predicted octanol–water partition coefficient (Wildman–Crippen LogP) is 0.945. The molecule has 7 nitrogen and oxygen atoms in total. The van der Waals surface area contributed by atoms with Crippen molar-refractivity contribution in [3.63, 3.8) is 0 Å². The van der Waals surface area contributed by atoms with Gasteiger partial charge in [-0.3, -0.25) is 9.59 Å². The van der Waals surface area contributed by atoms with E-state index >= 15 is 0 Å². The van der Waals surface area contributed by atoms with Crippen LogP contribution in [-0.4, -0.2) is 79.2 Å². The van der Waals surface area contributed by atoms with Gasteiger partial charge < -0.3 is 19.3 Å². The van der Waals surface area contributed by atoms with Gasteiger partial charge in [0.25, 0.3) is 5.91 Å². The number of rotatable bonds is 5. The van der Waals surface area contributed by atoms with Crippen LogP contribution in [0, 0.1) is 11.9 Å². The fourth-order valence-electron chi connectivity index (χ4n) is 3.58. The Hall–Kier alpha value is -2.06. The first-order valence-corrected chi connectivity index (χ1v) is 8.77. The van der Waals surface area contributed by atoms with Crippen LogP contribution in [0.4, 0.5) is 4.39 Å². The van der Waals surface area contributed by atoms with Gasteiger partial charge in [0, 0.05) is 38.5 Å². The Labute approximate surface area is 152 Å². The highest BCUT2D eigenvalue weighted by molar-refractivity contribution is 5.94. The molecule has 8 heteroatoms. The number of amides is 2. The van der Waals surface area contributed by atoms with Crippen LogP contribution in [0.15, 0.2) is 18.3 Å². The highest BCUT2D eigenvalue weighted by atomic mass is 19.1. The number of ether oxygens (including phenoxy) is 2. The SMILES string of the molecule is CN(C)C(=O)COCC1CC2OCCN(C(=O)c3ccnc(F)c3)C2C1. The number of aromatic nitrogens is 1. The molecule has 0 radical (unpaired) electrons. The van der Waals surface area contributed by atoms with Crippen molar-refractivity contribution in [3.8, 4) is 0 Å². The highest BCUT2D eigenvalue weighted by Crippen LogP contribution is 2.35. The molecule has 26 heavy (non-hydrogen) atoms. The van der Waals surface area contributed by atoms with Crippen LogP contribution in [0.1, 0.15) is 23.2 Å². The molecule has 1 aromatic heterocycles. The summed E-state index contributed by atoms with van der Waals surface area (Å²) in [6.07, 6.45) is 2.79. The number of hydrogen-bond acceptors (Lipinski definition) is 5. The fraction of sp³-hybridized carbons (Fsp3) is 0.611. The van der Waals surface area contributed by atoms with Crippen LogP contribution in [0.25, 0.3) is 0 Å². The summed E-state index contributed by atoms with van der Waals surface area (Å²) < 4.78 is 24.7. The van der Waals surface area contributed by atoms with Crippen LogP contribution < -0.4 is 0 Å². The molecule has 142 valence electrons. The van der Waals surface area contributed by atoms with E-state index in [1.807, 2.05) is 0 Å². The third kappa shape index (κ3) is 4.19. The Kier molecular flexibility index (Phi) is 5.83. The first kappa shape index (κ1) is 18.7. The van der Waals surface area contributed by atoms with Crippen molar-refractivity contribution in [3.05, 3.63) is 29.8 Å². The van der Waals surface area contributed by atoms with Gasteiger partial charge in [0.05, 0.1) is 25.4 Å². The molecule has 3 unspecified atom stereocenters. The standard InChI is InChI=1S/C18H24FN3O4/c1-21(2)17(23)11-25-10-12-7-14-15(8-12)26-6-5-22(14)18(24)13-3-4-20-16(19)9-13/h3-4,9,12,14-15H,5-8,10-11H2,1-2H3. The van der Waals surface area contributed by atoms with Gasteiger partial charge in [0.2, 0.25) is 11.9 Å². The van der Waals surface area contributed by atoms with Crippen LogP contribution in [0.5, 0.6) is 0 Å². The van der Waals surface area contributed by atoms with Crippen molar-refractivity contribution < 1.29 is 23.5 Å². The van der Waals surface area contributed by atoms with Gasteiger partial charge in [0.1, 0.15) is 6.61 Å². The first-order valence-electron chi connectivity index (χ1n) is 8.77. The number of fused-ring (bicyclic) bond motifs is 1. The molecule has 1 aliphatic heterocycles. The number of hydrogen-bond donors (Lipinski definition) is 0. The average Bonchev–Trinajstić information content (AvgIpc) is 3.03. The Morgan fingerprint density at radius 1 is 1.42 bits per heavy atom. The third-order valence-corrected chi connectivity index (χ3v) is 4.95. The molecule has 0 spiro atoms. The highest BCUT2D eigenvalue weighted by Gasteiger charge is 2.43. The van der Waals surface area contributed by atoms with Crippen molar-refractivity contribution in [2.75, 3.05) is 40.5 Å². The van der Waals surface area contributed by atoms with Gasteiger partial charge >= 0.3 is 0 Å². The lowest BCUT2D eigenvalue weighted by molar-refractivity contribution is -0.134. The number of halogens is 1. The number of nitrogens with zero attached hydrogens (tertiary/aromatic N) is 3. The molecule has 1 saturated heterocycles. The van der Waals surface area contributed by atoms with E-state index in [-0.39, 0.29) is 36.5 Å². The summed E-state index contributed by atoms with van der Waals surface area (Å²) >= 11 is 0.